The Bertz CT molecular complexity index is 601. The molecular formula is C18H28FIN4O. The molecule has 0 heterocycles. The molecule has 0 saturated heterocycles. The Balaban J connectivity index is 0.00000312. The van der Waals surface area contributed by atoms with Gasteiger partial charge in [-0.05, 0) is 37.0 Å². The molecule has 140 valence electrons. The first kappa shape index (κ1) is 21.7. The molecule has 25 heavy (non-hydrogen) atoms. The molecule has 0 unspecified atom stereocenters. The fourth-order valence-electron chi connectivity index (χ4n) is 2.71. The normalized spacial score (nSPS) is 14.8. The van der Waals surface area contributed by atoms with Crippen LogP contribution in [0.5, 0.6) is 0 Å². The molecule has 0 bridgehead atoms. The number of amides is 1. The molecule has 1 saturated carbocycles. The molecule has 7 heteroatoms. The molecule has 0 spiro atoms. The maximum absolute atomic E-state index is 13.4. The van der Waals surface area contributed by atoms with Crippen molar-refractivity contribution in [1.29, 1.82) is 0 Å². The van der Waals surface area contributed by atoms with Crippen LogP contribution in [-0.2, 0) is 11.3 Å². The van der Waals surface area contributed by atoms with Crippen molar-refractivity contribution in [1.82, 2.24) is 15.5 Å². The van der Waals surface area contributed by atoms with Gasteiger partial charge in [0.05, 0.1) is 13.1 Å². The van der Waals surface area contributed by atoms with Crippen LogP contribution in [0.2, 0.25) is 0 Å². The van der Waals surface area contributed by atoms with Crippen LogP contribution in [0.25, 0.3) is 0 Å². The van der Waals surface area contributed by atoms with Crippen LogP contribution in [0.15, 0.2) is 23.2 Å². The highest BCUT2D eigenvalue weighted by Gasteiger charge is 2.16. The molecule has 1 aromatic rings. The first-order valence-corrected chi connectivity index (χ1v) is 8.45. The Kier molecular flexibility index (Phi) is 9.16. The van der Waals surface area contributed by atoms with E-state index in [1.54, 1.807) is 38.1 Å². The number of nitrogens with one attached hydrogen (secondary N) is 2. The maximum atomic E-state index is 13.4. The maximum Gasteiger partial charge on any atom is 0.241 e. The van der Waals surface area contributed by atoms with Crippen molar-refractivity contribution in [2.75, 3.05) is 20.6 Å². The SMILES string of the molecule is Cc1cc(CN=C(NCC(=O)N(C)C)NC2CCCC2)ccc1F.I. The minimum Gasteiger partial charge on any atom is -0.354 e. The molecular weight excluding hydrogens is 434 g/mol. The Hall–Kier alpha value is -1.38. The summed E-state index contributed by atoms with van der Waals surface area (Å²) in [6.45, 7) is 2.39. The zero-order valence-corrected chi connectivity index (χ0v) is 17.5. The van der Waals surface area contributed by atoms with Crippen LogP contribution < -0.4 is 10.6 Å². The molecule has 2 N–H and O–H groups in total. The predicted molar refractivity (Wildman–Crippen MR) is 110 cm³/mol. The third-order valence-corrected chi connectivity index (χ3v) is 4.24. The summed E-state index contributed by atoms with van der Waals surface area (Å²) in [6, 6.07) is 5.41. The number of carbonyl (C=O) groups is 1. The van der Waals surface area contributed by atoms with Crippen molar-refractivity contribution >= 4 is 35.8 Å². The summed E-state index contributed by atoms with van der Waals surface area (Å²) >= 11 is 0. The molecule has 1 aromatic carbocycles. The second-order valence-corrected chi connectivity index (χ2v) is 6.52. The Morgan fingerprint density at radius 2 is 2.00 bits per heavy atom. The van der Waals surface area contributed by atoms with Crippen LogP contribution in [0.1, 0.15) is 36.8 Å². The first-order valence-electron chi connectivity index (χ1n) is 8.45. The van der Waals surface area contributed by atoms with Gasteiger partial charge in [-0.1, -0.05) is 25.0 Å². The van der Waals surface area contributed by atoms with Gasteiger partial charge in [0.2, 0.25) is 5.91 Å². The number of hydrogen-bond donors (Lipinski definition) is 2. The van der Waals surface area contributed by atoms with Gasteiger partial charge in [-0.25, -0.2) is 9.38 Å². The van der Waals surface area contributed by atoms with Crippen molar-refractivity contribution in [3.8, 4) is 0 Å². The predicted octanol–water partition coefficient (Wildman–Crippen LogP) is 2.82. The summed E-state index contributed by atoms with van der Waals surface area (Å²) in [6.07, 6.45) is 4.69. The minimum atomic E-state index is -0.207. The van der Waals surface area contributed by atoms with Crippen molar-refractivity contribution < 1.29 is 9.18 Å². The standard InChI is InChI=1S/C18H27FN4O.HI/c1-13-10-14(8-9-16(13)19)11-20-18(21-12-17(24)23(2)3)22-15-6-4-5-7-15;/h8-10,15H,4-7,11-12H2,1-3H3,(H2,20,21,22);1H. The number of rotatable bonds is 5. The minimum absolute atomic E-state index is 0. The summed E-state index contributed by atoms with van der Waals surface area (Å²) in [7, 11) is 3.46. The number of benzene rings is 1. The first-order chi connectivity index (χ1) is 11.5. The van der Waals surface area contributed by atoms with Crippen LogP contribution in [-0.4, -0.2) is 43.4 Å². The quantitative estimate of drug-likeness (QED) is 0.402. The van der Waals surface area contributed by atoms with E-state index in [1.807, 2.05) is 0 Å². The topological polar surface area (TPSA) is 56.7 Å². The van der Waals surface area contributed by atoms with E-state index in [1.165, 1.54) is 18.9 Å². The molecule has 1 aliphatic carbocycles. The van der Waals surface area contributed by atoms with E-state index in [-0.39, 0.29) is 42.2 Å². The van der Waals surface area contributed by atoms with Crippen LogP contribution in [0.4, 0.5) is 4.39 Å². The third kappa shape index (κ3) is 7.17. The molecule has 5 nitrogen and oxygen atoms in total. The van der Waals surface area contributed by atoms with E-state index in [0.29, 0.717) is 24.1 Å². The highest BCUT2D eigenvalue weighted by molar-refractivity contribution is 14.0. The lowest BCUT2D eigenvalue weighted by Crippen LogP contribution is -2.46. The second-order valence-electron chi connectivity index (χ2n) is 6.52. The largest absolute Gasteiger partial charge is 0.354 e. The van der Waals surface area contributed by atoms with E-state index in [0.717, 1.165) is 18.4 Å². The highest BCUT2D eigenvalue weighted by atomic mass is 127. The van der Waals surface area contributed by atoms with Gasteiger partial charge in [-0.3, -0.25) is 4.79 Å². The molecule has 1 fully saturated rings. The van der Waals surface area contributed by atoms with Crippen molar-refractivity contribution in [3.05, 3.63) is 35.1 Å². The van der Waals surface area contributed by atoms with Crippen molar-refractivity contribution in [3.63, 3.8) is 0 Å². The third-order valence-electron chi connectivity index (χ3n) is 4.24. The average molecular weight is 462 g/mol. The zero-order chi connectivity index (χ0) is 17.5. The molecule has 2 rings (SSSR count). The molecule has 0 aromatic heterocycles. The van der Waals surface area contributed by atoms with E-state index < -0.39 is 0 Å². The van der Waals surface area contributed by atoms with E-state index in [4.69, 9.17) is 0 Å². The molecule has 0 radical (unpaired) electrons. The number of carbonyl (C=O) groups excluding carboxylic acids is 1. The van der Waals surface area contributed by atoms with Gasteiger partial charge >= 0.3 is 0 Å². The summed E-state index contributed by atoms with van der Waals surface area (Å²) in [4.78, 5) is 17.9. The Morgan fingerprint density at radius 1 is 1.32 bits per heavy atom. The van der Waals surface area contributed by atoms with Crippen LogP contribution in [0, 0.1) is 12.7 Å². The van der Waals surface area contributed by atoms with E-state index in [2.05, 4.69) is 15.6 Å². The Morgan fingerprint density at radius 3 is 2.60 bits per heavy atom. The number of guanidine groups is 1. The van der Waals surface area contributed by atoms with Gasteiger partial charge in [0.25, 0.3) is 0 Å². The lowest BCUT2D eigenvalue weighted by Gasteiger charge is -2.18. The van der Waals surface area contributed by atoms with Crippen LogP contribution >= 0.6 is 24.0 Å². The van der Waals surface area contributed by atoms with Gasteiger partial charge in [0.15, 0.2) is 5.96 Å². The molecule has 0 atom stereocenters. The number of nitrogens with zero attached hydrogens (tertiary/aromatic N) is 2. The van der Waals surface area contributed by atoms with Gasteiger partial charge in [-0.2, -0.15) is 0 Å². The van der Waals surface area contributed by atoms with Crippen molar-refractivity contribution in [2.45, 2.75) is 45.2 Å². The molecule has 0 aliphatic heterocycles. The summed E-state index contributed by atoms with van der Waals surface area (Å²) in [5.41, 5.74) is 1.56. The van der Waals surface area contributed by atoms with E-state index >= 15 is 0 Å². The van der Waals surface area contributed by atoms with Gasteiger partial charge in [-0.15, -0.1) is 24.0 Å². The second kappa shape index (κ2) is 10.6. The monoisotopic (exact) mass is 462 g/mol. The van der Waals surface area contributed by atoms with E-state index in [9.17, 15) is 9.18 Å². The number of hydrogen-bond acceptors (Lipinski definition) is 2. The smallest absolute Gasteiger partial charge is 0.241 e. The fraction of sp³-hybridized carbons (Fsp3) is 0.556. The molecule has 1 aliphatic rings. The Labute approximate surface area is 166 Å². The number of likely N-dealkylation sites (N-methyl/N-ethyl adjacent to an activating group) is 1. The number of halogens is 2. The summed E-state index contributed by atoms with van der Waals surface area (Å²) < 4.78 is 13.4. The summed E-state index contributed by atoms with van der Waals surface area (Å²) in [5.74, 6) is 0.425. The molecule has 1 amide bonds. The fourth-order valence-corrected chi connectivity index (χ4v) is 2.71. The van der Waals surface area contributed by atoms with Crippen molar-refractivity contribution in [2.24, 2.45) is 4.99 Å². The summed E-state index contributed by atoms with van der Waals surface area (Å²) in [5, 5.41) is 6.50. The lowest BCUT2D eigenvalue weighted by molar-refractivity contribution is -0.127. The highest BCUT2D eigenvalue weighted by Crippen LogP contribution is 2.17. The number of aryl methyl sites for hydroxylation is 1. The van der Waals surface area contributed by atoms with Crippen LogP contribution in [0.3, 0.4) is 0 Å². The van der Waals surface area contributed by atoms with Gasteiger partial charge in [0, 0.05) is 20.1 Å². The average Bonchev–Trinajstić information content (AvgIpc) is 3.05. The van der Waals surface area contributed by atoms with Gasteiger partial charge in [0.1, 0.15) is 5.82 Å². The zero-order valence-electron chi connectivity index (χ0n) is 15.1. The number of aliphatic imine (C=N–C) groups is 1. The van der Waals surface area contributed by atoms with Gasteiger partial charge < -0.3 is 15.5 Å². The lowest BCUT2D eigenvalue weighted by atomic mass is 10.1.